The van der Waals surface area contributed by atoms with Crippen molar-refractivity contribution in [3.63, 3.8) is 0 Å². The molecule has 0 saturated carbocycles. The Kier molecular flexibility index (Phi) is 2.29. The molecule has 2 saturated heterocycles. The molecule has 3 unspecified atom stereocenters. The summed E-state index contributed by atoms with van der Waals surface area (Å²) in [4.78, 5) is 33.9. The predicted molar refractivity (Wildman–Crippen MR) is 58.4 cm³/mol. The fraction of sp³-hybridized carbons (Fsp3) is 0.667. The Morgan fingerprint density at radius 3 is 2.67 bits per heavy atom. The number of ether oxygens (including phenoxy) is 1. The molecule has 0 radical (unpaired) electrons. The van der Waals surface area contributed by atoms with E-state index in [1.54, 1.807) is 6.92 Å². The van der Waals surface area contributed by atoms with Crippen molar-refractivity contribution in [1.82, 2.24) is 5.32 Å². The molecule has 0 aliphatic carbocycles. The van der Waals surface area contributed by atoms with Crippen LogP contribution in [0, 0.1) is 5.92 Å². The Labute approximate surface area is 100 Å². The molecule has 1 N–H and O–H groups in total. The van der Waals surface area contributed by atoms with E-state index in [1.807, 2.05) is 0 Å². The summed E-state index contributed by atoms with van der Waals surface area (Å²) in [7, 11) is 0. The monoisotopic (exact) mass is 323 g/mol. The largest absolute Gasteiger partial charge is 0.453 e. The Bertz CT molecular complexity index is 358. The Morgan fingerprint density at radius 2 is 2.27 bits per heavy atom. The van der Waals surface area contributed by atoms with Crippen LogP contribution < -0.4 is 5.32 Å². The first kappa shape index (κ1) is 10.8. The van der Waals surface area contributed by atoms with Gasteiger partial charge in [-0.25, -0.2) is 4.79 Å². The standard InChI is InChI=1S/C9H10INO4/c1-8-5(2-3-10)6(13)11-9(8,4-12)7(14)15-8/h4-5H,2-3H2,1H3,(H,11,13). The molecule has 0 aromatic carbocycles. The highest BCUT2D eigenvalue weighted by Gasteiger charge is 2.76. The second-order valence-corrected chi connectivity index (χ2v) is 5.02. The summed E-state index contributed by atoms with van der Waals surface area (Å²) in [5.74, 6) is -1.34. The normalized spacial score (nSPS) is 42.7. The van der Waals surface area contributed by atoms with Gasteiger partial charge in [0.15, 0.2) is 11.9 Å². The van der Waals surface area contributed by atoms with Crippen molar-refractivity contribution in [2.75, 3.05) is 4.43 Å². The number of esters is 1. The minimum atomic E-state index is -1.43. The van der Waals surface area contributed by atoms with Gasteiger partial charge in [-0.3, -0.25) is 9.59 Å². The van der Waals surface area contributed by atoms with E-state index in [9.17, 15) is 14.4 Å². The molecule has 0 bridgehead atoms. The molecule has 0 spiro atoms. The maximum absolute atomic E-state index is 11.6. The van der Waals surface area contributed by atoms with Crippen LogP contribution in [0.15, 0.2) is 0 Å². The lowest BCUT2D eigenvalue weighted by atomic mass is 9.72. The van der Waals surface area contributed by atoms with Gasteiger partial charge in [0, 0.05) is 4.43 Å². The van der Waals surface area contributed by atoms with Crippen LogP contribution in [0.3, 0.4) is 0 Å². The highest BCUT2D eigenvalue weighted by molar-refractivity contribution is 14.1. The van der Waals surface area contributed by atoms with E-state index in [-0.39, 0.29) is 5.91 Å². The van der Waals surface area contributed by atoms with Gasteiger partial charge in [-0.05, 0) is 13.3 Å². The van der Waals surface area contributed by atoms with Crippen molar-refractivity contribution in [3.8, 4) is 0 Å². The van der Waals surface area contributed by atoms with E-state index < -0.39 is 23.0 Å². The van der Waals surface area contributed by atoms with E-state index in [1.165, 1.54) is 0 Å². The van der Waals surface area contributed by atoms with Gasteiger partial charge in [0.2, 0.25) is 11.4 Å². The molecule has 15 heavy (non-hydrogen) atoms. The number of alkyl halides is 1. The smallest absolute Gasteiger partial charge is 0.344 e. The number of aldehydes is 1. The molecular weight excluding hydrogens is 313 g/mol. The summed E-state index contributed by atoms with van der Waals surface area (Å²) < 4.78 is 5.80. The molecule has 5 nitrogen and oxygen atoms in total. The number of hydrogen-bond acceptors (Lipinski definition) is 4. The highest BCUT2D eigenvalue weighted by atomic mass is 127. The van der Waals surface area contributed by atoms with E-state index >= 15 is 0 Å². The number of halogens is 1. The topological polar surface area (TPSA) is 72.5 Å². The first-order valence-electron chi connectivity index (χ1n) is 4.59. The Hall–Kier alpha value is -0.660. The lowest BCUT2D eigenvalue weighted by molar-refractivity contribution is -0.214. The molecular formula is C9H10INO4. The first-order chi connectivity index (χ1) is 7.02. The summed E-state index contributed by atoms with van der Waals surface area (Å²) in [6, 6.07) is 0. The molecule has 2 rings (SSSR count). The molecule has 0 aromatic heterocycles. The van der Waals surface area contributed by atoms with Crippen molar-refractivity contribution in [2.24, 2.45) is 5.92 Å². The summed E-state index contributed by atoms with van der Waals surface area (Å²) in [6.45, 7) is 1.64. The zero-order valence-corrected chi connectivity index (χ0v) is 10.2. The van der Waals surface area contributed by atoms with Crippen LogP contribution in [-0.2, 0) is 19.1 Å². The third-order valence-corrected chi connectivity index (χ3v) is 3.91. The molecule has 0 aromatic rings. The van der Waals surface area contributed by atoms with Crippen molar-refractivity contribution in [3.05, 3.63) is 0 Å². The molecule has 2 heterocycles. The number of carbonyl (C=O) groups excluding carboxylic acids is 3. The van der Waals surface area contributed by atoms with Crippen LogP contribution in [0.25, 0.3) is 0 Å². The van der Waals surface area contributed by atoms with Crippen LogP contribution in [0.2, 0.25) is 0 Å². The van der Waals surface area contributed by atoms with Gasteiger partial charge in [-0.2, -0.15) is 0 Å². The zero-order valence-electron chi connectivity index (χ0n) is 8.08. The molecule has 2 fully saturated rings. The number of amides is 1. The van der Waals surface area contributed by atoms with Crippen LogP contribution in [0.4, 0.5) is 0 Å². The SMILES string of the molecule is CC12OC(=O)C1(C=O)NC(=O)C2CCI. The summed E-state index contributed by atoms with van der Waals surface area (Å²) in [5.41, 5.74) is -2.42. The van der Waals surface area contributed by atoms with Gasteiger partial charge < -0.3 is 10.1 Å². The van der Waals surface area contributed by atoms with Crippen LogP contribution in [0.5, 0.6) is 0 Å². The lowest BCUT2D eigenvalue weighted by Gasteiger charge is -2.47. The number of fused-ring (bicyclic) bond motifs is 1. The minimum absolute atomic E-state index is 0.271. The van der Waals surface area contributed by atoms with Crippen LogP contribution in [-0.4, -0.2) is 33.7 Å². The van der Waals surface area contributed by atoms with Gasteiger partial charge >= 0.3 is 5.97 Å². The minimum Gasteiger partial charge on any atom is -0.453 e. The van der Waals surface area contributed by atoms with Gasteiger partial charge in [0.05, 0.1) is 5.92 Å². The average molecular weight is 323 g/mol. The van der Waals surface area contributed by atoms with E-state index in [2.05, 4.69) is 27.9 Å². The van der Waals surface area contributed by atoms with Gasteiger partial charge in [-0.15, -0.1) is 0 Å². The van der Waals surface area contributed by atoms with Crippen LogP contribution >= 0.6 is 22.6 Å². The van der Waals surface area contributed by atoms with Crippen molar-refractivity contribution in [1.29, 1.82) is 0 Å². The number of nitrogens with one attached hydrogen (secondary N) is 1. The third kappa shape index (κ3) is 1.05. The third-order valence-electron chi connectivity index (χ3n) is 3.29. The maximum Gasteiger partial charge on any atom is 0.344 e. The van der Waals surface area contributed by atoms with Crippen LogP contribution in [0.1, 0.15) is 13.3 Å². The second-order valence-electron chi connectivity index (χ2n) is 3.94. The predicted octanol–water partition coefficient (Wildman–Crippen LogP) is -0.189. The maximum atomic E-state index is 11.6. The lowest BCUT2D eigenvalue weighted by Crippen LogP contribution is -2.75. The number of rotatable bonds is 3. The summed E-state index contributed by atoms with van der Waals surface area (Å²) in [5, 5.41) is 2.46. The van der Waals surface area contributed by atoms with Crippen molar-refractivity contribution in [2.45, 2.75) is 24.5 Å². The highest BCUT2D eigenvalue weighted by Crippen LogP contribution is 2.48. The Balaban J connectivity index is 2.38. The van der Waals surface area contributed by atoms with Crippen molar-refractivity contribution >= 4 is 40.8 Å². The quantitative estimate of drug-likeness (QED) is 0.257. The molecule has 3 atom stereocenters. The molecule has 82 valence electrons. The van der Waals surface area contributed by atoms with Crippen molar-refractivity contribution < 1.29 is 19.1 Å². The average Bonchev–Trinajstić information content (AvgIpc) is 2.36. The van der Waals surface area contributed by atoms with E-state index in [0.29, 0.717) is 12.7 Å². The van der Waals surface area contributed by atoms with E-state index in [0.717, 1.165) is 4.43 Å². The molecule has 2 aliphatic heterocycles. The Morgan fingerprint density at radius 1 is 1.60 bits per heavy atom. The van der Waals surface area contributed by atoms with Gasteiger partial charge in [-0.1, -0.05) is 22.6 Å². The summed E-state index contributed by atoms with van der Waals surface area (Å²) in [6.07, 6.45) is 1.09. The fourth-order valence-electron chi connectivity index (χ4n) is 2.27. The zero-order chi connectivity index (χ0) is 11.3. The number of hydrogen-bond donors (Lipinski definition) is 1. The second kappa shape index (κ2) is 3.16. The first-order valence-corrected chi connectivity index (χ1v) is 6.12. The fourth-order valence-corrected chi connectivity index (χ4v) is 2.90. The molecule has 6 heteroatoms. The number of carbonyl (C=O) groups is 3. The van der Waals surface area contributed by atoms with Gasteiger partial charge in [0.1, 0.15) is 0 Å². The summed E-state index contributed by atoms with van der Waals surface area (Å²) >= 11 is 2.15. The van der Waals surface area contributed by atoms with E-state index in [4.69, 9.17) is 4.74 Å². The van der Waals surface area contributed by atoms with Gasteiger partial charge in [0.25, 0.3) is 0 Å². The molecule has 1 amide bonds. The molecule has 2 aliphatic rings.